The molecule has 0 saturated heterocycles. The van der Waals surface area contributed by atoms with E-state index in [-0.39, 0.29) is 17.2 Å². The maximum absolute atomic E-state index is 11.3. The Bertz CT molecular complexity index is 552. The summed E-state index contributed by atoms with van der Waals surface area (Å²) in [5, 5.41) is 3.37. The van der Waals surface area contributed by atoms with Crippen molar-refractivity contribution in [2.24, 2.45) is 0 Å². The van der Waals surface area contributed by atoms with E-state index in [1.54, 1.807) is 0 Å². The standard InChI is InChI=1S/C14H20BrNO2S/c1-11(9-19(2,17)18)16-10-14(7-8-14)12-5-3-4-6-13(12)15/h3-6,11,16H,7-10H2,1-2H3. The molecule has 0 radical (unpaired) electrons. The molecule has 1 N–H and O–H groups in total. The minimum atomic E-state index is -2.92. The number of sulfone groups is 1. The van der Waals surface area contributed by atoms with Crippen LogP contribution in [-0.4, -0.2) is 33.0 Å². The smallest absolute Gasteiger partial charge is 0.148 e. The fourth-order valence-corrected chi connectivity index (χ4v) is 4.20. The second-order valence-corrected chi connectivity index (χ2v) is 8.67. The highest BCUT2D eigenvalue weighted by Gasteiger charge is 2.45. The van der Waals surface area contributed by atoms with Crippen molar-refractivity contribution in [2.75, 3.05) is 18.6 Å². The van der Waals surface area contributed by atoms with Crippen LogP contribution in [0.3, 0.4) is 0 Å². The maximum atomic E-state index is 11.3. The van der Waals surface area contributed by atoms with Gasteiger partial charge in [-0.15, -0.1) is 0 Å². The molecule has 0 aliphatic heterocycles. The van der Waals surface area contributed by atoms with E-state index in [4.69, 9.17) is 0 Å². The highest BCUT2D eigenvalue weighted by atomic mass is 79.9. The van der Waals surface area contributed by atoms with Gasteiger partial charge in [-0.2, -0.15) is 0 Å². The minimum Gasteiger partial charge on any atom is -0.312 e. The molecule has 1 saturated carbocycles. The highest BCUT2D eigenvalue weighted by Crippen LogP contribution is 2.49. The predicted molar refractivity (Wildman–Crippen MR) is 82.2 cm³/mol. The first-order chi connectivity index (χ1) is 8.82. The van der Waals surface area contributed by atoms with Crippen LogP contribution in [0.1, 0.15) is 25.3 Å². The summed E-state index contributed by atoms with van der Waals surface area (Å²) in [5.41, 5.74) is 1.51. The number of halogens is 1. The number of hydrogen-bond donors (Lipinski definition) is 1. The van der Waals surface area contributed by atoms with Crippen molar-refractivity contribution in [2.45, 2.75) is 31.2 Å². The Morgan fingerprint density at radius 3 is 2.53 bits per heavy atom. The van der Waals surface area contributed by atoms with Crippen LogP contribution in [0.25, 0.3) is 0 Å². The lowest BCUT2D eigenvalue weighted by atomic mass is 9.96. The van der Waals surface area contributed by atoms with Crippen molar-refractivity contribution in [3.63, 3.8) is 0 Å². The highest BCUT2D eigenvalue weighted by molar-refractivity contribution is 9.10. The van der Waals surface area contributed by atoms with Gasteiger partial charge in [-0.3, -0.25) is 0 Å². The molecule has 106 valence electrons. The Labute approximate surface area is 123 Å². The van der Waals surface area contributed by atoms with Crippen LogP contribution in [-0.2, 0) is 15.3 Å². The summed E-state index contributed by atoms with van der Waals surface area (Å²) in [4.78, 5) is 0. The molecule has 1 fully saturated rings. The normalized spacial score (nSPS) is 19.1. The Morgan fingerprint density at radius 2 is 2.00 bits per heavy atom. The number of rotatable bonds is 6. The molecule has 0 spiro atoms. The molecule has 0 amide bonds. The lowest BCUT2D eigenvalue weighted by Crippen LogP contribution is -2.38. The first kappa shape index (κ1) is 15.0. The molecule has 1 aromatic rings. The van der Waals surface area contributed by atoms with E-state index in [1.165, 1.54) is 11.8 Å². The van der Waals surface area contributed by atoms with Crippen LogP contribution in [0.2, 0.25) is 0 Å². The second-order valence-electron chi connectivity index (χ2n) is 5.63. The molecule has 1 aliphatic carbocycles. The lowest BCUT2D eigenvalue weighted by Gasteiger charge is -2.21. The Hall–Kier alpha value is -0.390. The zero-order valence-electron chi connectivity index (χ0n) is 11.3. The van der Waals surface area contributed by atoms with E-state index in [0.29, 0.717) is 0 Å². The number of benzene rings is 1. The van der Waals surface area contributed by atoms with E-state index in [0.717, 1.165) is 23.9 Å². The van der Waals surface area contributed by atoms with E-state index < -0.39 is 9.84 Å². The van der Waals surface area contributed by atoms with Gasteiger partial charge in [0.05, 0.1) is 5.75 Å². The summed E-state index contributed by atoms with van der Waals surface area (Å²) in [6, 6.07) is 8.29. The van der Waals surface area contributed by atoms with Crippen molar-refractivity contribution < 1.29 is 8.42 Å². The van der Waals surface area contributed by atoms with Crippen LogP contribution < -0.4 is 5.32 Å². The fraction of sp³-hybridized carbons (Fsp3) is 0.571. The number of nitrogens with one attached hydrogen (secondary N) is 1. The van der Waals surface area contributed by atoms with Crippen LogP contribution in [0, 0.1) is 0 Å². The predicted octanol–water partition coefficient (Wildman–Crippen LogP) is 2.50. The quantitative estimate of drug-likeness (QED) is 0.861. The Morgan fingerprint density at radius 1 is 1.37 bits per heavy atom. The van der Waals surface area contributed by atoms with Gasteiger partial charge in [-0.1, -0.05) is 34.1 Å². The third-order valence-corrected chi connectivity index (χ3v) is 5.44. The lowest BCUT2D eigenvalue weighted by molar-refractivity contribution is 0.513. The molecule has 3 nitrogen and oxygen atoms in total. The van der Waals surface area contributed by atoms with Gasteiger partial charge in [0.25, 0.3) is 0 Å². The fourth-order valence-electron chi connectivity index (χ4n) is 2.47. The SMILES string of the molecule is CC(CS(C)(=O)=O)NCC1(c2ccccc2Br)CC1. The molecule has 1 aromatic carbocycles. The zero-order chi connectivity index (χ0) is 14.1. The minimum absolute atomic E-state index is 0.00466. The molecule has 0 heterocycles. The maximum Gasteiger partial charge on any atom is 0.148 e. The molecule has 1 atom stereocenters. The summed E-state index contributed by atoms with van der Waals surface area (Å²) < 4.78 is 23.7. The van der Waals surface area contributed by atoms with Gasteiger partial charge in [0.2, 0.25) is 0 Å². The first-order valence-electron chi connectivity index (χ1n) is 6.49. The largest absolute Gasteiger partial charge is 0.312 e. The molecule has 0 bridgehead atoms. The molecule has 2 rings (SSSR count). The van der Waals surface area contributed by atoms with E-state index >= 15 is 0 Å². The van der Waals surface area contributed by atoms with Crippen molar-refractivity contribution in [3.05, 3.63) is 34.3 Å². The topological polar surface area (TPSA) is 46.2 Å². The van der Waals surface area contributed by atoms with Gasteiger partial charge in [-0.05, 0) is 31.4 Å². The van der Waals surface area contributed by atoms with Crippen molar-refractivity contribution in [3.8, 4) is 0 Å². The first-order valence-corrected chi connectivity index (χ1v) is 9.34. The van der Waals surface area contributed by atoms with Crippen LogP contribution in [0.4, 0.5) is 0 Å². The summed E-state index contributed by atoms with van der Waals surface area (Å²) in [7, 11) is -2.92. The Balaban J connectivity index is 1.98. The van der Waals surface area contributed by atoms with Gasteiger partial charge >= 0.3 is 0 Å². The summed E-state index contributed by atoms with van der Waals surface area (Å²) in [6.07, 6.45) is 3.61. The average molecular weight is 346 g/mol. The van der Waals surface area contributed by atoms with Crippen molar-refractivity contribution >= 4 is 25.8 Å². The van der Waals surface area contributed by atoms with Crippen molar-refractivity contribution in [1.29, 1.82) is 0 Å². The molecule has 1 aliphatic rings. The van der Waals surface area contributed by atoms with E-state index in [9.17, 15) is 8.42 Å². The number of hydrogen-bond acceptors (Lipinski definition) is 3. The summed E-state index contributed by atoms with van der Waals surface area (Å²) in [5.74, 6) is 0.193. The third-order valence-electron chi connectivity index (χ3n) is 3.64. The zero-order valence-corrected chi connectivity index (χ0v) is 13.7. The average Bonchev–Trinajstić information content (AvgIpc) is 3.06. The van der Waals surface area contributed by atoms with Gasteiger partial charge in [0.15, 0.2) is 0 Å². The Kier molecular flexibility index (Phi) is 4.38. The van der Waals surface area contributed by atoms with Crippen LogP contribution in [0.15, 0.2) is 28.7 Å². The molecular formula is C14H20BrNO2S. The van der Waals surface area contributed by atoms with Crippen LogP contribution >= 0.6 is 15.9 Å². The second kappa shape index (κ2) is 5.54. The molecule has 1 unspecified atom stereocenters. The monoisotopic (exact) mass is 345 g/mol. The van der Waals surface area contributed by atoms with Gasteiger partial charge in [0.1, 0.15) is 9.84 Å². The molecular weight excluding hydrogens is 326 g/mol. The third kappa shape index (κ3) is 4.04. The summed E-state index contributed by atoms with van der Waals surface area (Å²) >= 11 is 3.60. The molecule has 19 heavy (non-hydrogen) atoms. The van der Waals surface area contributed by atoms with E-state index in [2.05, 4.69) is 39.4 Å². The summed E-state index contributed by atoms with van der Waals surface area (Å²) in [6.45, 7) is 2.77. The molecule has 0 aromatic heterocycles. The van der Waals surface area contributed by atoms with Gasteiger partial charge in [0, 0.05) is 28.7 Å². The van der Waals surface area contributed by atoms with Gasteiger partial charge < -0.3 is 5.32 Å². The van der Waals surface area contributed by atoms with Crippen LogP contribution in [0.5, 0.6) is 0 Å². The van der Waals surface area contributed by atoms with Gasteiger partial charge in [-0.25, -0.2) is 8.42 Å². The van der Waals surface area contributed by atoms with Crippen molar-refractivity contribution in [1.82, 2.24) is 5.32 Å². The molecule has 5 heteroatoms. The van der Waals surface area contributed by atoms with E-state index in [1.807, 2.05) is 13.0 Å².